The van der Waals surface area contributed by atoms with Crippen molar-refractivity contribution in [2.24, 2.45) is 5.73 Å². The minimum absolute atomic E-state index is 0.0595. The van der Waals surface area contributed by atoms with E-state index in [1.165, 1.54) is 11.3 Å². The van der Waals surface area contributed by atoms with Crippen LogP contribution in [0.3, 0.4) is 0 Å². The number of carbonyl (C=O) groups excluding carboxylic acids is 2. The van der Waals surface area contributed by atoms with Crippen molar-refractivity contribution in [2.75, 3.05) is 25.6 Å². The summed E-state index contributed by atoms with van der Waals surface area (Å²) in [5, 5.41) is 6.11. The fourth-order valence-electron chi connectivity index (χ4n) is 2.70. The van der Waals surface area contributed by atoms with E-state index in [1.54, 1.807) is 25.3 Å². The number of benzene rings is 1. The molecular formula is C19H22BrN3O4S2. The second-order valence-corrected chi connectivity index (χ2v) is 8.50. The minimum atomic E-state index is -0.538. The summed E-state index contributed by atoms with van der Waals surface area (Å²) in [7, 11) is 1.57. The van der Waals surface area contributed by atoms with E-state index >= 15 is 0 Å². The molecule has 0 aliphatic rings. The maximum Gasteiger partial charge on any atom is 0.261 e. The van der Waals surface area contributed by atoms with Crippen LogP contribution in [0.25, 0.3) is 0 Å². The lowest BCUT2D eigenvalue weighted by Crippen LogP contribution is -2.34. The number of hydrogen-bond acceptors (Lipinski definition) is 6. The van der Waals surface area contributed by atoms with Gasteiger partial charge in [0.2, 0.25) is 0 Å². The third-order valence-electron chi connectivity index (χ3n) is 3.99. The second-order valence-electron chi connectivity index (χ2n) is 5.95. The topological polar surface area (TPSA) is 103 Å². The van der Waals surface area contributed by atoms with Crippen LogP contribution in [0.5, 0.6) is 5.75 Å². The average Bonchev–Trinajstić information content (AvgIpc) is 2.97. The Morgan fingerprint density at radius 2 is 2.03 bits per heavy atom. The Morgan fingerprint density at radius 3 is 2.66 bits per heavy atom. The largest absolute Gasteiger partial charge is 0.490 e. The summed E-state index contributed by atoms with van der Waals surface area (Å²) in [6, 6.07) is 5.10. The number of carbonyl (C=O) groups is 2. The molecule has 0 aliphatic heterocycles. The van der Waals surface area contributed by atoms with Crippen molar-refractivity contribution in [2.45, 2.75) is 20.3 Å². The first-order valence-electron chi connectivity index (χ1n) is 8.74. The van der Waals surface area contributed by atoms with Crippen molar-refractivity contribution >= 4 is 61.4 Å². The Balaban J connectivity index is 2.17. The number of ether oxygens (including phenoxy) is 2. The Labute approximate surface area is 187 Å². The monoisotopic (exact) mass is 499 g/mol. The zero-order chi connectivity index (χ0) is 21.6. The molecule has 0 saturated carbocycles. The smallest absolute Gasteiger partial charge is 0.261 e. The Hall–Kier alpha value is -2.01. The van der Waals surface area contributed by atoms with E-state index in [2.05, 4.69) is 26.6 Å². The molecule has 2 rings (SSSR count). The van der Waals surface area contributed by atoms with Gasteiger partial charge in [0.15, 0.2) is 5.11 Å². The first-order chi connectivity index (χ1) is 13.8. The molecule has 0 fully saturated rings. The number of nitrogens with one attached hydrogen (secondary N) is 2. The lowest BCUT2D eigenvalue weighted by atomic mass is 10.1. The quantitative estimate of drug-likeness (QED) is 0.378. The van der Waals surface area contributed by atoms with E-state index in [4.69, 9.17) is 27.4 Å². The number of hydrogen-bond donors (Lipinski definition) is 3. The third kappa shape index (κ3) is 5.99. The van der Waals surface area contributed by atoms with Gasteiger partial charge in [0.25, 0.3) is 11.8 Å². The highest BCUT2D eigenvalue weighted by molar-refractivity contribution is 9.10. The molecule has 0 radical (unpaired) electrons. The van der Waals surface area contributed by atoms with Gasteiger partial charge >= 0.3 is 0 Å². The number of thiocarbonyl (C=S) groups is 1. The SMILES string of the molecule is CCc1c(C)sc(NC(=S)NC(=O)c2cc(Br)ccc2OCCOC)c1C(N)=O. The summed E-state index contributed by atoms with van der Waals surface area (Å²) >= 11 is 9.99. The fraction of sp³-hybridized carbons (Fsp3) is 0.316. The van der Waals surface area contributed by atoms with Gasteiger partial charge in [-0.2, -0.15) is 0 Å². The fourth-order valence-corrected chi connectivity index (χ4v) is 4.47. The number of primary amides is 1. The number of rotatable bonds is 8. The predicted molar refractivity (Wildman–Crippen MR) is 122 cm³/mol. The zero-order valence-corrected chi connectivity index (χ0v) is 19.5. The minimum Gasteiger partial charge on any atom is -0.490 e. The number of aryl methyl sites for hydroxylation is 1. The number of amides is 2. The summed E-state index contributed by atoms with van der Waals surface area (Å²) in [6.45, 7) is 4.56. The third-order valence-corrected chi connectivity index (χ3v) is 5.75. The van der Waals surface area contributed by atoms with E-state index < -0.39 is 11.8 Å². The normalized spacial score (nSPS) is 10.5. The van der Waals surface area contributed by atoms with Gasteiger partial charge < -0.3 is 20.5 Å². The molecule has 2 amide bonds. The lowest BCUT2D eigenvalue weighted by Gasteiger charge is -2.13. The van der Waals surface area contributed by atoms with Crippen LogP contribution in [0.1, 0.15) is 38.1 Å². The molecule has 0 spiro atoms. The summed E-state index contributed by atoms with van der Waals surface area (Å²) in [4.78, 5) is 25.6. The van der Waals surface area contributed by atoms with Crippen LogP contribution >= 0.6 is 39.5 Å². The van der Waals surface area contributed by atoms with Crippen molar-refractivity contribution in [3.05, 3.63) is 44.2 Å². The molecule has 1 aromatic heterocycles. The first kappa shape index (κ1) is 23.3. The molecule has 0 unspecified atom stereocenters. The summed E-state index contributed by atoms with van der Waals surface area (Å²) in [6.07, 6.45) is 0.668. The van der Waals surface area contributed by atoms with E-state index in [0.717, 1.165) is 14.9 Å². The van der Waals surface area contributed by atoms with Gasteiger partial charge in [0.1, 0.15) is 17.4 Å². The molecule has 0 atom stereocenters. The number of methoxy groups -OCH3 is 1. The summed E-state index contributed by atoms with van der Waals surface area (Å²) in [5.41, 5.74) is 7.12. The number of thiophene rings is 1. The molecule has 1 heterocycles. The molecule has 29 heavy (non-hydrogen) atoms. The van der Waals surface area contributed by atoms with Crippen molar-refractivity contribution in [1.29, 1.82) is 0 Å². The highest BCUT2D eigenvalue weighted by Crippen LogP contribution is 2.33. The Bertz CT molecular complexity index is 930. The van der Waals surface area contributed by atoms with Crippen LogP contribution in [0.4, 0.5) is 5.00 Å². The van der Waals surface area contributed by atoms with Gasteiger partial charge in [-0.25, -0.2) is 0 Å². The molecule has 0 bridgehead atoms. The van der Waals surface area contributed by atoms with Gasteiger partial charge in [-0.3, -0.25) is 14.9 Å². The zero-order valence-electron chi connectivity index (χ0n) is 16.3. The van der Waals surface area contributed by atoms with Crippen molar-refractivity contribution in [3.63, 3.8) is 0 Å². The molecule has 0 saturated heterocycles. The maximum atomic E-state index is 12.7. The highest BCUT2D eigenvalue weighted by Gasteiger charge is 2.21. The summed E-state index contributed by atoms with van der Waals surface area (Å²) in [5.74, 6) is -0.576. The summed E-state index contributed by atoms with van der Waals surface area (Å²) < 4.78 is 11.3. The average molecular weight is 500 g/mol. The van der Waals surface area contributed by atoms with Crippen molar-refractivity contribution < 1.29 is 19.1 Å². The van der Waals surface area contributed by atoms with Crippen LogP contribution < -0.4 is 21.1 Å². The number of halogens is 1. The molecule has 10 heteroatoms. The molecular weight excluding hydrogens is 478 g/mol. The van der Waals surface area contributed by atoms with Gasteiger partial charge in [-0.1, -0.05) is 22.9 Å². The van der Waals surface area contributed by atoms with E-state index in [9.17, 15) is 9.59 Å². The lowest BCUT2D eigenvalue weighted by molar-refractivity contribution is 0.0968. The van der Waals surface area contributed by atoms with Crippen LogP contribution in [0.2, 0.25) is 0 Å². The predicted octanol–water partition coefficient (Wildman–Crippen LogP) is 3.63. The van der Waals surface area contributed by atoms with Crippen LogP contribution in [0.15, 0.2) is 22.7 Å². The second kappa shape index (κ2) is 10.7. The van der Waals surface area contributed by atoms with Gasteiger partial charge in [0.05, 0.1) is 17.7 Å². The number of anilines is 1. The van der Waals surface area contributed by atoms with E-state index in [1.807, 2.05) is 13.8 Å². The molecule has 2 aromatic rings. The van der Waals surface area contributed by atoms with Gasteiger partial charge in [-0.15, -0.1) is 11.3 Å². The Kier molecular flexibility index (Phi) is 8.57. The maximum absolute atomic E-state index is 12.7. The molecule has 7 nitrogen and oxygen atoms in total. The first-order valence-corrected chi connectivity index (χ1v) is 10.8. The highest BCUT2D eigenvalue weighted by atomic mass is 79.9. The molecule has 4 N–H and O–H groups in total. The van der Waals surface area contributed by atoms with Crippen LogP contribution in [-0.2, 0) is 11.2 Å². The molecule has 0 aliphatic carbocycles. The van der Waals surface area contributed by atoms with Crippen molar-refractivity contribution in [3.8, 4) is 5.75 Å². The van der Waals surface area contributed by atoms with E-state index in [0.29, 0.717) is 41.5 Å². The van der Waals surface area contributed by atoms with Crippen molar-refractivity contribution in [1.82, 2.24) is 5.32 Å². The Morgan fingerprint density at radius 1 is 1.31 bits per heavy atom. The molecule has 1 aromatic carbocycles. The van der Waals surface area contributed by atoms with Gasteiger partial charge in [0, 0.05) is 16.5 Å². The van der Waals surface area contributed by atoms with Gasteiger partial charge in [-0.05, 0) is 49.3 Å². The van der Waals surface area contributed by atoms with Crippen LogP contribution in [0, 0.1) is 6.92 Å². The number of nitrogens with two attached hydrogens (primary N) is 1. The standard InChI is InChI=1S/C19H22BrN3O4S2/c1-4-12-10(2)29-18(15(12)16(21)24)23-19(28)22-17(25)13-9-11(20)5-6-14(13)27-8-7-26-3/h5-6,9H,4,7-8H2,1-3H3,(H2,21,24)(H2,22,23,25,28). The van der Waals surface area contributed by atoms with Crippen LogP contribution in [-0.4, -0.2) is 37.3 Å². The molecule has 156 valence electrons. The van der Waals surface area contributed by atoms with E-state index in [-0.39, 0.29) is 5.11 Å².